The maximum absolute atomic E-state index is 12.9. The summed E-state index contributed by atoms with van der Waals surface area (Å²) in [5.74, 6) is -0.789. The Morgan fingerprint density at radius 3 is 2.53 bits per heavy atom. The molecule has 2 unspecified atom stereocenters. The van der Waals surface area contributed by atoms with E-state index in [1.165, 1.54) is 36.4 Å². The van der Waals surface area contributed by atoms with Gasteiger partial charge < -0.3 is 14.6 Å². The third-order valence-electron chi connectivity index (χ3n) is 5.36. The van der Waals surface area contributed by atoms with Gasteiger partial charge >= 0.3 is 6.36 Å². The van der Waals surface area contributed by atoms with E-state index in [1.807, 2.05) is 0 Å². The topological polar surface area (TPSA) is 86.4 Å². The Morgan fingerprint density at radius 2 is 1.88 bits per heavy atom. The Kier molecular flexibility index (Phi) is 5.37. The van der Waals surface area contributed by atoms with Crippen LogP contribution in [0.2, 0.25) is 0 Å². The first kappa shape index (κ1) is 21.4. The quantitative estimate of drug-likeness (QED) is 0.442. The van der Waals surface area contributed by atoms with Crippen molar-refractivity contribution in [2.24, 2.45) is 0 Å². The monoisotopic (exact) mass is 445 g/mol. The number of benzene rings is 2. The largest absolute Gasteiger partial charge is 0.573 e. The molecule has 0 radical (unpaired) electrons. The molecule has 2 atom stereocenters. The smallest absolute Gasteiger partial charge is 0.406 e. The van der Waals surface area contributed by atoms with Gasteiger partial charge in [-0.25, -0.2) is 0 Å². The number of aromatic nitrogens is 1. The lowest BCUT2D eigenvalue weighted by Gasteiger charge is -2.28. The molecule has 1 aliphatic heterocycles. The Balaban J connectivity index is 1.54. The molecule has 7 nitrogen and oxygen atoms in total. The minimum atomic E-state index is -4.76. The summed E-state index contributed by atoms with van der Waals surface area (Å²) in [5.41, 5.74) is 2.73. The third kappa shape index (κ3) is 4.43. The van der Waals surface area contributed by atoms with Crippen molar-refractivity contribution in [2.75, 3.05) is 5.32 Å². The molecule has 0 saturated carbocycles. The second-order valence-corrected chi connectivity index (χ2v) is 7.53. The van der Waals surface area contributed by atoms with E-state index in [9.17, 15) is 28.1 Å². The first-order valence-electron chi connectivity index (χ1n) is 9.72. The summed E-state index contributed by atoms with van der Waals surface area (Å²) < 4.78 is 42.6. The van der Waals surface area contributed by atoms with Crippen molar-refractivity contribution < 1.29 is 27.6 Å². The number of Topliss-reactive ketones (excluding diaryl/α,β-unsaturated/α-hetero) is 1. The SMILES string of the molecule is CC1C(=O)C(Cc2ccc(OC(F)(F)F)cc2)Nc2cn(-c3cccc([N+](=O)[O-])c3)cc21. The highest BCUT2D eigenvalue weighted by atomic mass is 19.4. The minimum Gasteiger partial charge on any atom is -0.406 e. The van der Waals surface area contributed by atoms with Crippen LogP contribution in [0.3, 0.4) is 0 Å². The van der Waals surface area contributed by atoms with Crippen LogP contribution in [0, 0.1) is 10.1 Å². The van der Waals surface area contributed by atoms with Gasteiger partial charge in [-0.05, 0) is 30.2 Å². The van der Waals surface area contributed by atoms with Gasteiger partial charge in [0.05, 0.1) is 22.3 Å². The summed E-state index contributed by atoms with van der Waals surface area (Å²) in [7, 11) is 0. The molecule has 166 valence electrons. The van der Waals surface area contributed by atoms with Crippen LogP contribution in [-0.2, 0) is 11.2 Å². The van der Waals surface area contributed by atoms with Gasteiger partial charge in [-0.3, -0.25) is 14.9 Å². The predicted octanol–water partition coefficient (Wildman–Crippen LogP) is 4.99. The zero-order valence-electron chi connectivity index (χ0n) is 16.8. The Labute approximate surface area is 180 Å². The van der Waals surface area contributed by atoms with Crippen LogP contribution in [0.5, 0.6) is 5.75 Å². The number of nitrogens with zero attached hydrogens (tertiary/aromatic N) is 2. The van der Waals surface area contributed by atoms with Crippen molar-refractivity contribution in [1.82, 2.24) is 4.57 Å². The summed E-state index contributed by atoms with van der Waals surface area (Å²) in [4.78, 5) is 23.5. The van der Waals surface area contributed by atoms with Gasteiger partial charge in [0.1, 0.15) is 5.75 Å². The number of fused-ring (bicyclic) bond motifs is 1. The second kappa shape index (κ2) is 8.03. The summed E-state index contributed by atoms with van der Waals surface area (Å²) in [5, 5.41) is 14.2. The van der Waals surface area contributed by atoms with Gasteiger partial charge in [0.25, 0.3) is 5.69 Å². The maximum Gasteiger partial charge on any atom is 0.573 e. The highest BCUT2D eigenvalue weighted by molar-refractivity contribution is 5.96. The molecule has 3 aromatic rings. The van der Waals surface area contributed by atoms with E-state index >= 15 is 0 Å². The standard InChI is InChI=1S/C22H18F3N3O4/c1-13-18-11-27(15-3-2-4-16(10-15)28(30)31)12-20(18)26-19(21(13)29)9-14-5-7-17(8-6-14)32-22(23,24)25/h2-8,10-13,19,26H,9H2,1H3. The normalized spacial score (nSPS) is 18.1. The molecule has 0 saturated heterocycles. The number of ketones is 1. The number of hydrogen-bond donors (Lipinski definition) is 1. The van der Waals surface area contributed by atoms with Crippen LogP contribution in [0.1, 0.15) is 24.0 Å². The number of anilines is 1. The van der Waals surface area contributed by atoms with E-state index in [2.05, 4.69) is 10.1 Å². The number of hydrogen-bond acceptors (Lipinski definition) is 5. The van der Waals surface area contributed by atoms with E-state index < -0.39 is 23.2 Å². The molecule has 4 rings (SSSR count). The van der Waals surface area contributed by atoms with Gasteiger partial charge in [0.15, 0.2) is 5.78 Å². The second-order valence-electron chi connectivity index (χ2n) is 7.53. The highest BCUT2D eigenvalue weighted by Crippen LogP contribution is 2.35. The van der Waals surface area contributed by atoms with Crippen molar-refractivity contribution >= 4 is 17.2 Å². The van der Waals surface area contributed by atoms with Gasteiger partial charge in [-0.15, -0.1) is 13.2 Å². The number of halogens is 3. The van der Waals surface area contributed by atoms with Crippen LogP contribution >= 0.6 is 0 Å². The number of ether oxygens (including phenoxy) is 1. The molecule has 2 aromatic carbocycles. The fourth-order valence-corrected chi connectivity index (χ4v) is 3.78. The van der Waals surface area contributed by atoms with Crippen molar-refractivity contribution in [3.8, 4) is 11.4 Å². The number of carbonyl (C=O) groups is 1. The lowest BCUT2D eigenvalue weighted by Crippen LogP contribution is -2.38. The molecule has 10 heteroatoms. The number of nitrogens with one attached hydrogen (secondary N) is 1. The lowest BCUT2D eigenvalue weighted by atomic mass is 9.87. The van der Waals surface area contributed by atoms with Gasteiger partial charge in [-0.2, -0.15) is 0 Å². The summed E-state index contributed by atoms with van der Waals surface area (Å²) in [6.45, 7) is 1.78. The van der Waals surface area contributed by atoms with Crippen LogP contribution in [0.25, 0.3) is 5.69 Å². The molecule has 1 aliphatic rings. The molecule has 0 aliphatic carbocycles. The number of carbonyl (C=O) groups excluding carboxylic acids is 1. The van der Waals surface area contributed by atoms with E-state index in [4.69, 9.17) is 0 Å². The number of rotatable bonds is 5. The van der Waals surface area contributed by atoms with Crippen LogP contribution in [-0.4, -0.2) is 27.7 Å². The fraction of sp³-hybridized carbons (Fsp3) is 0.227. The molecular weight excluding hydrogens is 427 g/mol. The van der Waals surface area contributed by atoms with Crippen LogP contribution < -0.4 is 10.1 Å². The molecule has 0 spiro atoms. The number of nitro benzene ring substituents is 1. The van der Waals surface area contributed by atoms with Crippen LogP contribution in [0.4, 0.5) is 24.5 Å². The molecule has 32 heavy (non-hydrogen) atoms. The average molecular weight is 445 g/mol. The molecule has 0 amide bonds. The molecule has 0 bridgehead atoms. The zero-order valence-corrected chi connectivity index (χ0v) is 16.8. The number of non-ortho nitro benzene ring substituents is 1. The summed E-state index contributed by atoms with van der Waals surface area (Å²) in [6.07, 6.45) is -0.939. The van der Waals surface area contributed by atoms with E-state index in [1.54, 1.807) is 36.0 Å². The third-order valence-corrected chi connectivity index (χ3v) is 5.36. The fourth-order valence-electron chi connectivity index (χ4n) is 3.78. The first-order chi connectivity index (χ1) is 15.1. The Hall–Kier alpha value is -3.82. The molecule has 2 heterocycles. The van der Waals surface area contributed by atoms with E-state index in [0.29, 0.717) is 11.3 Å². The minimum absolute atomic E-state index is 0.0397. The van der Waals surface area contributed by atoms with Crippen molar-refractivity contribution in [2.45, 2.75) is 31.7 Å². The molecule has 1 N–H and O–H groups in total. The van der Waals surface area contributed by atoms with E-state index in [0.717, 1.165) is 11.3 Å². The highest BCUT2D eigenvalue weighted by Gasteiger charge is 2.34. The van der Waals surface area contributed by atoms with Crippen molar-refractivity contribution in [3.05, 3.63) is 82.2 Å². The Morgan fingerprint density at radius 1 is 1.16 bits per heavy atom. The van der Waals surface area contributed by atoms with Crippen molar-refractivity contribution in [1.29, 1.82) is 0 Å². The van der Waals surface area contributed by atoms with Gasteiger partial charge in [0, 0.05) is 36.0 Å². The number of nitro groups is 1. The lowest BCUT2D eigenvalue weighted by molar-refractivity contribution is -0.384. The predicted molar refractivity (Wildman–Crippen MR) is 110 cm³/mol. The summed E-state index contributed by atoms with van der Waals surface area (Å²) >= 11 is 0. The summed E-state index contributed by atoms with van der Waals surface area (Å²) in [6, 6.07) is 11.0. The molecule has 1 aromatic heterocycles. The van der Waals surface area contributed by atoms with Gasteiger partial charge in [-0.1, -0.05) is 25.1 Å². The zero-order chi connectivity index (χ0) is 23.0. The maximum atomic E-state index is 12.9. The first-order valence-corrected chi connectivity index (χ1v) is 9.72. The average Bonchev–Trinajstić information content (AvgIpc) is 3.16. The van der Waals surface area contributed by atoms with Gasteiger partial charge in [0.2, 0.25) is 0 Å². The molecular formula is C22H18F3N3O4. The Bertz CT molecular complexity index is 1170. The number of alkyl halides is 3. The van der Waals surface area contributed by atoms with Crippen molar-refractivity contribution in [3.63, 3.8) is 0 Å². The molecule has 0 fully saturated rings. The van der Waals surface area contributed by atoms with E-state index in [-0.39, 0.29) is 23.6 Å². The van der Waals surface area contributed by atoms with Crippen LogP contribution in [0.15, 0.2) is 60.9 Å².